The molecule has 7 nitrogen and oxygen atoms in total. The fraction of sp³-hybridized carbons (Fsp3) is 0.300. The minimum atomic E-state index is -0.905. The summed E-state index contributed by atoms with van der Waals surface area (Å²) in [6.07, 6.45) is 0. The van der Waals surface area contributed by atoms with Gasteiger partial charge in [-0.2, -0.15) is 0 Å². The van der Waals surface area contributed by atoms with Crippen molar-refractivity contribution in [1.82, 2.24) is 19.7 Å². The highest BCUT2D eigenvalue weighted by molar-refractivity contribution is 7.99. The van der Waals surface area contributed by atoms with Crippen molar-refractivity contribution in [2.45, 2.75) is 30.1 Å². The van der Waals surface area contributed by atoms with Crippen LogP contribution < -0.4 is 17.0 Å². The Morgan fingerprint density at radius 2 is 2.15 bits per heavy atom. The first-order chi connectivity index (χ1) is 9.43. The van der Waals surface area contributed by atoms with Gasteiger partial charge in [0.1, 0.15) is 5.03 Å². The number of nitrogen functional groups attached to an aromatic ring is 1. The number of aromatic nitrogens is 4. The Morgan fingerprint density at radius 3 is 2.75 bits per heavy atom. The van der Waals surface area contributed by atoms with E-state index in [2.05, 4.69) is 15.2 Å². The van der Waals surface area contributed by atoms with E-state index in [-0.39, 0.29) is 22.0 Å². The maximum Gasteiger partial charge on any atom is 0.344 e. The topological polar surface area (TPSA) is 102 Å². The van der Waals surface area contributed by atoms with E-state index in [0.29, 0.717) is 6.07 Å². The Kier molecular flexibility index (Phi) is 4.04. The zero-order valence-electron chi connectivity index (χ0n) is 10.6. The van der Waals surface area contributed by atoms with Crippen LogP contribution in [0.2, 0.25) is 0 Å². The fourth-order valence-electron chi connectivity index (χ4n) is 1.53. The highest BCUT2D eigenvalue weighted by atomic mass is 32.2. The van der Waals surface area contributed by atoms with Crippen LogP contribution in [0.3, 0.4) is 0 Å². The minimum Gasteiger partial charge on any atom is -0.306 e. The fourth-order valence-corrected chi connectivity index (χ4v) is 2.48. The molecular formula is C10H12F2N6OS. The lowest BCUT2D eigenvalue weighted by molar-refractivity contribution is 0.530. The number of nitrogens with zero attached hydrogens (tertiary/aromatic N) is 3. The summed E-state index contributed by atoms with van der Waals surface area (Å²) in [5, 5.41) is 6.15. The van der Waals surface area contributed by atoms with Gasteiger partial charge in [0.25, 0.3) is 0 Å². The molecule has 20 heavy (non-hydrogen) atoms. The third-order valence-electron chi connectivity index (χ3n) is 2.41. The lowest BCUT2D eigenvalue weighted by atomic mass is 10.4. The van der Waals surface area contributed by atoms with Crippen LogP contribution in [0.4, 0.5) is 14.6 Å². The number of pyridine rings is 1. The molecule has 0 saturated heterocycles. The quantitative estimate of drug-likeness (QED) is 0.580. The smallest absolute Gasteiger partial charge is 0.306 e. The number of anilines is 1. The summed E-state index contributed by atoms with van der Waals surface area (Å²) in [5.74, 6) is 3.03. The van der Waals surface area contributed by atoms with E-state index in [1.54, 1.807) is 13.8 Å². The first-order valence-electron chi connectivity index (χ1n) is 5.61. The molecule has 0 spiro atoms. The van der Waals surface area contributed by atoms with Crippen molar-refractivity contribution in [2.24, 2.45) is 5.84 Å². The van der Waals surface area contributed by atoms with Crippen molar-refractivity contribution in [3.05, 3.63) is 28.2 Å². The number of hydrogen-bond acceptors (Lipinski definition) is 6. The molecule has 0 bridgehead atoms. The summed E-state index contributed by atoms with van der Waals surface area (Å²) in [4.78, 5) is 15.3. The molecule has 108 valence electrons. The van der Waals surface area contributed by atoms with E-state index >= 15 is 0 Å². The van der Waals surface area contributed by atoms with Crippen LogP contribution in [-0.2, 0) is 0 Å². The number of hydrazine groups is 1. The second-order valence-corrected chi connectivity index (χ2v) is 5.08. The summed E-state index contributed by atoms with van der Waals surface area (Å²) in [5.41, 5.74) is 1.61. The van der Waals surface area contributed by atoms with Crippen LogP contribution in [0.5, 0.6) is 0 Å². The Hall–Kier alpha value is -1.94. The van der Waals surface area contributed by atoms with Gasteiger partial charge in [0.05, 0.1) is 0 Å². The molecule has 2 aromatic rings. The van der Waals surface area contributed by atoms with Gasteiger partial charge in [-0.15, -0.1) is 5.10 Å². The van der Waals surface area contributed by atoms with E-state index in [1.165, 1.54) is 4.57 Å². The van der Waals surface area contributed by atoms with Crippen LogP contribution in [0.25, 0.3) is 0 Å². The third-order valence-corrected chi connectivity index (χ3v) is 3.36. The molecule has 2 aromatic heterocycles. The Balaban J connectivity index is 2.43. The monoisotopic (exact) mass is 302 g/mol. The highest BCUT2D eigenvalue weighted by Gasteiger charge is 2.18. The molecule has 0 radical (unpaired) electrons. The largest absolute Gasteiger partial charge is 0.344 e. The van der Waals surface area contributed by atoms with Crippen LogP contribution in [0, 0.1) is 11.6 Å². The maximum absolute atomic E-state index is 13.7. The zero-order chi connectivity index (χ0) is 14.9. The van der Waals surface area contributed by atoms with Crippen LogP contribution >= 0.6 is 11.8 Å². The van der Waals surface area contributed by atoms with Gasteiger partial charge < -0.3 is 5.43 Å². The van der Waals surface area contributed by atoms with Gasteiger partial charge in [-0.1, -0.05) is 0 Å². The molecule has 0 aliphatic heterocycles. The number of H-pyrrole nitrogens is 1. The van der Waals surface area contributed by atoms with E-state index in [1.807, 2.05) is 5.43 Å². The SMILES string of the molecule is CC(C)n1c(Sc2nc(NN)c(F)cc2F)n[nH]c1=O. The van der Waals surface area contributed by atoms with Gasteiger partial charge in [0.15, 0.2) is 22.6 Å². The lowest BCUT2D eigenvalue weighted by Gasteiger charge is -2.09. The molecular weight excluding hydrogens is 290 g/mol. The normalized spacial score (nSPS) is 11.1. The number of halogens is 2. The second-order valence-electron chi connectivity index (χ2n) is 4.13. The van der Waals surface area contributed by atoms with Crippen molar-refractivity contribution >= 4 is 17.6 Å². The van der Waals surface area contributed by atoms with E-state index in [4.69, 9.17) is 5.84 Å². The Labute approximate surface area is 116 Å². The highest BCUT2D eigenvalue weighted by Crippen LogP contribution is 2.29. The molecule has 0 atom stereocenters. The molecule has 2 heterocycles. The molecule has 4 N–H and O–H groups in total. The van der Waals surface area contributed by atoms with E-state index in [9.17, 15) is 13.6 Å². The summed E-state index contributed by atoms with van der Waals surface area (Å²) in [6, 6.07) is 0.494. The van der Waals surface area contributed by atoms with Gasteiger partial charge in [-0.3, -0.25) is 4.57 Å². The molecule has 0 aliphatic rings. The maximum atomic E-state index is 13.7. The van der Waals surface area contributed by atoms with Crippen molar-refractivity contribution < 1.29 is 8.78 Å². The number of aromatic amines is 1. The molecule has 0 fully saturated rings. The Bertz CT molecular complexity index is 683. The zero-order valence-corrected chi connectivity index (χ0v) is 11.5. The molecule has 0 unspecified atom stereocenters. The average Bonchev–Trinajstić information content (AvgIpc) is 2.74. The van der Waals surface area contributed by atoms with Gasteiger partial charge in [-0.25, -0.2) is 29.5 Å². The standard InChI is InChI=1S/C10H12F2N6OS/c1-4(2)18-9(19)16-17-10(18)20-8-6(12)3-5(11)7(14-8)15-13/h3-4H,13H2,1-2H3,(H,14,15)(H,16,19). The van der Waals surface area contributed by atoms with Gasteiger partial charge >= 0.3 is 5.69 Å². The molecule has 0 amide bonds. The second kappa shape index (κ2) is 5.59. The lowest BCUT2D eigenvalue weighted by Crippen LogP contribution is -2.19. The van der Waals surface area contributed by atoms with Crippen LogP contribution in [0.1, 0.15) is 19.9 Å². The van der Waals surface area contributed by atoms with E-state index < -0.39 is 17.3 Å². The average molecular weight is 302 g/mol. The molecule has 0 aliphatic carbocycles. The minimum absolute atomic E-state index is 0.139. The predicted molar refractivity (Wildman–Crippen MR) is 69.3 cm³/mol. The third kappa shape index (κ3) is 2.65. The van der Waals surface area contributed by atoms with Gasteiger partial charge in [0, 0.05) is 12.1 Å². The van der Waals surface area contributed by atoms with Crippen molar-refractivity contribution in [3.8, 4) is 0 Å². The predicted octanol–water partition coefficient (Wildman–Crippen LogP) is 1.26. The van der Waals surface area contributed by atoms with Gasteiger partial charge in [-0.05, 0) is 25.6 Å². The number of nitrogens with one attached hydrogen (secondary N) is 2. The molecule has 0 aromatic carbocycles. The molecule has 0 saturated carbocycles. The summed E-state index contributed by atoms with van der Waals surface area (Å²) < 4.78 is 28.3. The van der Waals surface area contributed by atoms with Crippen molar-refractivity contribution in [2.75, 3.05) is 5.43 Å². The van der Waals surface area contributed by atoms with Gasteiger partial charge in [0.2, 0.25) is 0 Å². The first kappa shape index (κ1) is 14.5. The van der Waals surface area contributed by atoms with Crippen molar-refractivity contribution in [3.63, 3.8) is 0 Å². The number of hydrogen-bond donors (Lipinski definition) is 3. The van der Waals surface area contributed by atoms with E-state index in [0.717, 1.165) is 11.8 Å². The Morgan fingerprint density at radius 1 is 1.45 bits per heavy atom. The van der Waals surface area contributed by atoms with Crippen molar-refractivity contribution in [1.29, 1.82) is 0 Å². The summed E-state index contributed by atoms with van der Waals surface area (Å²) >= 11 is 0.801. The van der Waals surface area contributed by atoms with Crippen LogP contribution in [-0.4, -0.2) is 19.7 Å². The molecule has 10 heteroatoms. The first-order valence-corrected chi connectivity index (χ1v) is 6.43. The van der Waals surface area contributed by atoms with Crippen LogP contribution in [0.15, 0.2) is 21.0 Å². The number of rotatable bonds is 4. The summed E-state index contributed by atoms with van der Waals surface area (Å²) in [6.45, 7) is 3.56. The number of nitrogens with two attached hydrogens (primary N) is 1. The summed E-state index contributed by atoms with van der Waals surface area (Å²) in [7, 11) is 0. The molecule has 2 rings (SSSR count).